The van der Waals surface area contributed by atoms with Gasteiger partial charge in [0.05, 0.1) is 32.9 Å². The number of hydrogen-bond donors (Lipinski definition) is 2. The Balaban J connectivity index is 1.91. The van der Waals surface area contributed by atoms with E-state index < -0.39 is 27.4 Å². The first-order chi connectivity index (χ1) is 14.6. The summed E-state index contributed by atoms with van der Waals surface area (Å²) in [6.45, 7) is 3.68. The molecular weight excluding hydrogens is 457 g/mol. The summed E-state index contributed by atoms with van der Waals surface area (Å²) in [6, 6.07) is 10.2. The molecule has 1 unspecified atom stereocenters. The van der Waals surface area contributed by atoms with Crippen LogP contribution in [0.3, 0.4) is 0 Å². The Kier molecular flexibility index (Phi) is 7.36. The Labute approximate surface area is 193 Å². The number of benzene rings is 2. The first-order valence-corrected chi connectivity index (χ1v) is 12.8. The van der Waals surface area contributed by atoms with Gasteiger partial charge in [0.15, 0.2) is 9.84 Å². The molecule has 1 aliphatic carbocycles. The van der Waals surface area contributed by atoms with Gasteiger partial charge in [-0.1, -0.05) is 49.2 Å². The van der Waals surface area contributed by atoms with E-state index in [0.717, 1.165) is 12.8 Å². The second-order valence-corrected chi connectivity index (χ2v) is 11.0. The minimum Gasteiger partial charge on any atom is -0.387 e. The molecule has 0 radical (unpaired) electrons. The third-order valence-corrected chi connectivity index (χ3v) is 8.39. The Morgan fingerprint density at radius 2 is 1.74 bits per heavy atom. The van der Waals surface area contributed by atoms with Crippen LogP contribution in [0.15, 0.2) is 47.4 Å². The molecule has 2 aromatic rings. The molecule has 0 bridgehead atoms. The first kappa shape index (κ1) is 24.1. The van der Waals surface area contributed by atoms with Gasteiger partial charge in [0.2, 0.25) is 0 Å². The van der Waals surface area contributed by atoms with Gasteiger partial charge < -0.3 is 10.4 Å². The molecule has 3 rings (SSSR count). The minimum atomic E-state index is -3.34. The van der Waals surface area contributed by atoms with E-state index in [2.05, 4.69) is 5.32 Å². The van der Waals surface area contributed by atoms with Crippen molar-refractivity contribution in [3.63, 3.8) is 0 Å². The van der Waals surface area contributed by atoms with Crippen LogP contribution in [0, 0.1) is 5.92 Å². The van der Waals surface area contributed by atoms with Crippen molar-refractivity contribution in [3.05, 3.63) is 63.6 Å². The Hall–Kier alpha value is -1.60. The summed E-state index contributed by atoms with van der Waals surface area (Å²) in [7, 11) is -3.34. The third kappa shape index (κ3) is 5.61. The van der Waals surface area contributed by atoms with Crippen LogP contribution in [0.5, 0.6) is 0 Å². The lowest BCUT2D eigenvalue weighted by Crippen LogP contribution is -2.45. The van der Waals surface area contributed by atoms with Gasteiger partial charge in [0.25, 0.3) is 5.91 Å². The number of carbonyl (C=O) groups is 1. The normalized spacial score (nSPS) is 15.5. The molecular formula is C23H27Cl2NO4S. The zero-order chi connectivity index (χ0) is 22.8. The molecule has 1 atom stereocenters. The number of sulfone groups is 1. The fourth-order valence-electron chi connectivity index (χ4n) is 3.63. The Morgan fingerprint density at radius 1 is 1.13 bits per heavy atom. The lowest BCUT2D eigenvalue weighted by atomic mass is 9.84. The topological polar surface area (TPSA) is 83.5 Å². The van der Waals surface area contributed by atoms with Crippen LogP contribution < -0.4 is 5.32 Å². The van der Waals surface area contributed by atoms with Gasteiger partial charge in [-0.25, -0.2) is 8.42 Å². The molecule has 0 aromatic heterocycles. The van der Waals surface area contributed by atoms with E-state index in [1.807, 2.05) is 13.8 Å². The minimum absolute atomic E-state index is 0.162. The number of nitrogens with one attached hydrogen (secondary N) is 1. The molecule has 31 heavy (non-hydrogen) atoms. The van der Waals surface area contributed by atoms with Crippen molar-refractivity contribution < 1.29 is 18.3 Å². The fourth-order valence-corrected chi connectivity index (χ4v) is 5.82. The van der Waals surface area contributed by atoms with Gasteiger partial charge in [-0.2, -0.15) is 0 Å². The number of hydrogen-bond acceptors (Lipinski definition) is 4. The Bertz CT molecular complexity index is 1050. The monoisotopic (exact) mass is 483 g/mol. The molecule has 5 nitrogen and oxygen atoms in total. The first-order valence-electron chi connectivity index (χ1n) is 10.4. The van der Waals surface area contributed by atoms with Crippen LogP contribution in [0.1, 0.15) is 61.5 Å². The molecule has 8 heteroatoms. The number of rotatable bonds is 9. The zero-order valence-corrected chi connectivity index (χ0v) is 19.9. The standard InChI is InChI=1S/C23H27Cl2NO4S/c1-3-23(28,4-2)21(26-22(27)19-12-9-17(24)13-20(19)25)16-7-10-18(11-8-16)31(29,30)14-15-5-6-15/h7-13,15,21,28H,3-6,14H2,1-2H3,(H,26,27). The predicted molar refractivity (Wildman–Crippen MR) is 123 cm³/mol. The van der Waals surface area contributed by atoms with Gasteiger partial charge in [0, 0.05) is 5.02 Å². The number of aliphatic hydroxyl groups is 1. The van der Waals surface area contributed by atoms with Crippen molar-refractivity contribution in [2.24, 2.45) is 5.92 Å². The van der Waals surface area contributed by atoms with E-state index >= 15 is 0 Å². The number of halogens is 2. The van der Waals surface area contributed by atoms with Crippen molar-refractivity contribution in [2.45, 2.75) is 56.1 Å². The summed E-state index contributed by atoms with van der Waals surface area (Å²) >= 11 is 12.1. The molecule has 0 saturated heterocycles. The van der Waals surface area contributed by atoms with E-state index in [1.165, 1.54) is 12.1 Å². The average Bonchev–Trinajstić information content (AvgIpc) is 3.54. The van der Waals surface area contributed by atoms with Crippen molar-refractivity contribution in [1.82, 2.24) is 5.32 Å². The maximum absolute atomic E-state index is 12.9. The molecule has 1 amide bonds. The van der Waals surface area contributed by atoms with Crippen molar-refractivity contribution in [3.8, 4) is 0 Å². The van der Waals surface area contributed by atoms with Crippen molar-refractivity contribution >= 4 is 38.9 Å². The summed E-state index contributed by atoms with van der Waals surface area (Å²) in [5.41, 5.74) is -0.354. The quantitative estimate of drug-likeness (QED) is 0.513. The summed E-state index contributed by atoms with van der Waals surface area (Å²) in [5, 5.41) is 14.7. The van der Waals surface area contributed by atoms with Gasteiger partial charge in [-0.15, -0.1) is 0 Å². The molecule has 0 spiro atoms. The van der Waals surface area contributed by atoms with Crippen molar-refractivity contribution in [2.75, 3.05) is 5.75 Å². The summed E-state index contributed by atoms with van der Waals surface area (Å²) in [4.78, 5) is 13.2. The summed E-state index contributed by atoms with van der Waals surface area (Å²) < 4.78 is 25.1. The molecule has 168 valence electrons. The second kappa shape index (κ2) is 9.49. The lowest BCUT2D eigenvalue weighted by molar-refractivity contribution is -0.00601. The molecule has 2 aromatic carbocycles. The maximum atomic E-state index is 12.9. The van der Waals surface area contributed by atoms with E-state index in [4.69, 9.17) is 23.2 Å². The van der Waals surface area contributed by atoms with Gasteiger partial charge in [-0.3, -0.25) is 4.79 Å². The van der Waals surface area contributed by atoms with Crippen LogP contribution in [0.4, 0.5) is 0 Å². The SMILES string of the molecule is CCC(O)(CC)C(NC(=O)c1ccc(Cl)cc1Cl)c1ccc(S(=O)(=O)CC2CC2)cc1. The number of carbonyl (C=O) groups excluding carboxylic acids is 1. The lowest BCUT2D eigenvalue weighted by Gasteiger charge is -2.36. The molecule has 2 N–H and O–H groups in total. The van der Waals surface area contributed by atoms with Gasteiger partial charge in [0.1, 0.15) is 0 Å². The van der Waals surface area contributed by atoms with Crippen LogP contribution in [-0.4, -0.2) is 30.8 Å². The van der Waals surface area contributed by atoms with Gasteiger partial charge >= 0.3 is 0 Å². The number of amides is 1. The summed E-state index contributed by atoms with van der Waals surface area (Å²) in [6.07, 6.45) is 2.70. The zero-order valence-electron chi connectivity index (χ0n) is 17.6. The largest absolute Gasteiger partial charge is 0.387 e. The smallest absolute Gasteiger partial charge is 0.253 e. The highest BCUT2D eigenvalue weighted by Gasteiger charge is 2.36. The fraction of sp³-hybridized carbons (Fsp3) is 0.435. The highest BCUT2D eigenvalue weighted by Crippen LogP contribution is 2.35. The highest BCUT2D eigenvalue weighted by atomic mass is 35.5. The van der Waals surface area contributed by atoms with Crippen LogP contribution in [0.2, 0.25) is 10.0 Å². The van der Waals surface area contributed by atoms with Crippen LogP contribution in [0.25, 0.3) is 0 Å². The molecule has 1 fully saturated rings. The third-order valence-electron chi connectivity index (χ3n) is 5.94. The molecule has 1 aliphatic rings. The maximum Gasteiger partial charge on any atom is 0.253 e. The molecule has 0 aliphatic heterocycles. The highest BCUT2D eigenvalue weighted by molar-refractivity contribution is 7.91. The van der Waals surface area contributed by atoms with Gasteiger partial charge in [-0.05, 0) is 67.5 Å². The van der Waals surface area contributed by atoms with Crippen LogP contribution >= 0.6 is 23.2 Å². The summed E-state index contributed by atoms with van der Waals surface area (Å²) in [5.74, 6) is -0.0290. The second-order valence-electron chi connectivity index (χ2n) is 8.14. The predicted octanol–water partition coefficient (Wildman–Crippen LogP) is 5.20. The average molecular weight is 484 g/mol. The molecule has 0 heterocycles. The van der Waals surface area contributed by atoms with E-state index in [0.29, 0.717) is 23.4 Å². The van der Waals surface area contributed by atoms with E-state index in [-0.39, 0.29) is 27.2 Å². The van der Waals surface area contributed by atoms with E-state index in [9.17, 15) is 18.3 Å². The van der Waals surface area contributed by atoms with Crippen molar-refractivity contribution in [1.29, 1.82) is 0 Å². The van der Waals surface area contributed by atoms with Crippen LogP contribution in [-0.2, 0) is 9.84 Å². The molecule has 1 saturated carbocycles. The Morgan fingerprint density at radius 3 is 2.26 bits per heavy atom. The van der Waals surface area contributed by atoms with E-state index in [1.54, 1.807) is 30.3 Å².